The third-order valence-electron chi connectivity index (χ3n) is 5.00. The molecule has 1 atom stereocenters. The van der Waals surface area contributed by atoms with Crippen molar-refractivity contribution in [3.63, 3.8) is 0 Å². The molecule has 0 radical (unpaired) electrons. The summed E-state index contributed by atoms with van der Waals surface area (Å²) in [5.41, 5.74) is 1.22. The summed E-state index contributed by atoms with van der Waals surface area (Å²) in [6.07, 6.45) is -0.0859. The second kappa shape index (κ2) is 8.22. The summed E-state index contributed by atoms with van der Waals surface area (Å²) in [6.45, 7) is 1.56. The van der Waals surface area contributed by atoms with Crippen LogP contribution in [0.1, 0.15) is 30.4 Å². The minimum Gasteiger partial charge on any atom is -0.466 e. The maximum atomic E-state index is 14.1. The lowest BCUT2D eigenvalue weighted by atomic mass is 9.83. The smallest absolute Gasteiger partial charge is 0.336 e. The summed E-state index contributed by atoms with van der Waals surface area (Å²) < 4.78 is 19.0. The summed E-state index contributed by atoms with van der Waals surface area (Å²) in [4.78, 5) is 37.3. The second-order valence-corrected chi connectivity index (χ2v) is 6.67. The number of halogens is 1. The van der Waals surface area contributed by atoms with Gasteiger partial charge in [-0.3, -0.25) is 14.9 Å². The Hall–Kier alpha value is -3.55. The molecule has 3 rings (SSSR count). The Bertz CT molecular complexity index is 1020. The summed E-state index contributed by atoms with van der Waals surface area (Å²) in [6, 6.07) is 11.9. The van der Waals surface area contributed by atoms with Crippen molar-refractivity contribution in [3.05, 3.63) is 86.9 Å². The van der Waals surface area contributed by atoms with Gasteiger partial charge in [-0.05, 0) is 18.6 Å². The molecule has 0 spiro atoms. The van der Waals surface area contributed by atoms with Gasteiger partial charge in [0, 0.05) is 35.7 Å². The Kier molecular flexibility index (Phi) is 5.72. The molecule has 0 aromatic heterocycles. The van der Waals surface area contributed by atoms with Crippen molar-refractivity contribution in [2.45, 2.75) is 25.8 Å². The lowest BCUT2D eigenvalue weighted by Crippen LogP contribution is -2.38. The highest BCUT2D eigenvalue weighted by Gasteiger charge is 2.37. The minimum atomic E-state index is -0.688. The lowest BCUT2D eigenvalue weighted by molar-refractivity contribution is -0.384. The number of hydrogen-bond donors (Lipinski definition) is 0. The van der Waals surface area contributed by atoms with Crippen LogP contribution in [0.2, 0.25) is 0 Å². The molecule has 1 heterocycles. The molecule has 0 unspecified atom stereocenters. The van der Waals surface area contributed by atoms with Crippen LogP contribution in [0.15, 0.2) is 59.8 Å². The molecule has 0 saturated carbocycles. The fourth-order valence-corrected chi connectivity index (χ4v) is 3.51. The Morgan fingerprint density at radius 1 is 1.28 bits per heavy atom. The van der Waals surface area contributed by atoms with Gasteiger partial charge in [-0.2, -0.15) is 0 Å². The van der Waals surface area contributed by atoms with Crippen molar-refractivity contribution in [1.82, 2.24) is 4.90 Å². The first-order valence-corrected chi connectivity index (χ1v) is 8.90. The number of rotatable bonds is 5. The molecular formula is C21H19FN2O5. The number of allylic oxidation sites excluding steroid dienone is 1. The van der Waals surface area contributed by atoms with E-state index in [2.05, 4.69) is 0 Å². The van der Waals surface area contributed by atoms with Gasteiger partial charge in [0.2, 0.25) is 5.91 Å². The van der Waals surface area contributed by atoms with Gasteiger partial charge in [0.05, 0.1) is 24.2 Å². The molecule has 0 fully saturated rings. The van der Waals surface area contributed by atoms with Crippen molar-refractivity contribution < 1.29 is 23.6 Å². The Labute approximate surface area is 166 Å². The van der Waals surface area contributed by atoms with Crippen LogP contribution in [0.25, 0.3) is 0 Å². The van der Waals surface area contributed by atoms with Gasteiger partial charge in [0.15, 0.2) is 0 Å². The van der Waals surface area contributed by atoms with E-state index in [4.69, 9.17) is 4.74 Å². The number of hydrogen-bond acceptors (Lipinski definition) is 5. The molecule has 0 bridgehead atoms. The highest BCUT2D eigenvalue weighted by molar-refractivity contribution is 5.95. The highest BCUT2D eigenvalue weighted by Crippen LogP contribution is 2.38. The molecule has 2 aromatic carbocycles. The van der Waals surface area contributed by atoms with Gasteiger partial charge in [-0.15, -0.1) is 0 Å². The van der Waals surface area contributed by atoms with Gasteiger partial charge in [-0.25, -0.2) is 9.18 Å². The maximum Gasteiger partial charge on any atom is 0.336 e. The topological polar surface area (TPSA) is 89.8 Å². The van der Waals surface area contributed by atoms with Crippen LogP contribution in [0.3, 0.4) is 0 Å². The van der Waals surface area contributed by atoms with E-state index >= 15 is 0 Å². The molecule has 8 heteroatoms. The molecule has 0 aliphatic carbocycles. The number of carbonyl (C=O) groups excluding carboxylic acids is 2. The Balaban J connectivity index is 2.06. The number of non-ortho nitro benzene ring substituents is 1. The van der Waals surface area contributed by atoms with Crippen LogP contribution in [-0.2, 0) is 20.9 Å². The molecule has 29 heavy (non-hydrogen) atoms. The van der Waals surface area contributed by atoms with Crippen LogP contribution in [0, 0.1) is 15.9 Å². The highest BCUT2D eigenvalue weighted by atomic mass is 19.1. The summed E-state index contributed by atoms with van der Waals surface area (Å²) >= 11 is 0. The quantitative estimate of drug-likeness (QED) is 0.435. The number of esters is 1. The van der Waals surface area contributed by atoms with Crippen LogP contribution >= 0.6 is 0 Å². The van der Waals surface area contributed by atoms with Crippen molar-refractivity contribution in [3.8, 4) is 0 Å². The average molecular weight is 398 g/mol. The zero-order valence-electron chi connectivity index (χ0n) is 15.9. The molecule has 1 aliphatic heterocycles. The summed E-state index contributed by atoms with van der Waals surface area (Å²) in [5.74, 6) is -2.08. The fourth-order valence-electron chi connectivity index (χ4n) is 3.51. The summed E-state index contributed by atoms with van der Waals surface area (Å²) in [5, 5.41) is 11.1. The molecule has 150 valence electrons. The first-order chi connectivity index (χ1) is 13.8. The van der Waals surface area contributed by atoms with Gasteiger partial charge < -0.3 is 9.64 Å². The van der Waals surface area contributed by atoms with Crippen molar-refractivity contribution in [2.75, 3.05) is 7.11 Å². The van der Waals surface area contributed by atoms with Gasteiger partial charge >= 0.3 is 5.97 Å². The molecule has 1 aliphatic rings. The van der Waals surface area contributed by atoms with E-state index in [0.29, 0.717) is 16.8 Å². The zero-order valence-corrected chi connectivity index (χ0v) is 15.9. The molecule has 0 saturated heterocycles. The van der Waals surface area contributed by atoms with Crippen LogP contribution in [-0.4, -0.2) is 28.8 Å². The van der Waals surface area contributed by atoms with Crippen LogP contribution in [0.4, 0.5) is 10.1 Å². The predicted octanol–water partition coefficient (Wildman–Crippen LogP) is 3.70. The lowest BCUT2D eigenvalue weighted by Gasteiger charge is -2.34. The zero-order chi connectivity index (χ0) is 21.1. The number of methoxy groups -OCH3 is 1. The second-order valence-electron chi connectivity index (χ2n) is 6.67. The number of amides is 1. The number of benzene rings is 2. The fraction of sp³-hybridized carbons (Fsp3) is 0.238. The van der Waals surface area contributed by atoms with E-state index in [9.17, 15) is 24.1 Å². The number of nitro benzene ring substituents is 1. The maximum absolute atomic E-state index is 14.1. The van der Waals surface area contributed by atoms with Crippen molar-refractivity contribution >= 4 is 17.6 Å². The van der Waals surface area contributed by atoms with E-state index in [1.165, 1.54) is 36.3 Å². The normalized spacial score (nSPS) is 16.7. The molecule has 7 nitrogen and oxygen atoms in total. The van der Waals surface area contributed by atoms with Gasteiger partial charge in [-0.1, -0.05) is 30.3 Å². The average Bonchev–Trinajstić information content (AvgIpc) is 2.71. The minimum absolute atomic E-state index is 0.0283. The van der Waals surface area contributed by atoms with Crippen molar-refractivity contribution in [1.29, 1.82) is 0 Å². The van der Waals surface area contributed by atoms with Crippen LogP contribution < -0.4 is 0 Å². The van der Waals surface area contributed by atoms with Gasteiger partial charge in [0.1, 0.15) is 5.82 Å². The largest absolute Gasteiger partial charge is 0.466 e. The molecule has 0 N–H and O–H groups in total. The monoisotopic (exact) mass is 398 g/mol. The van der Waals surface area contributed by atoms with Crippen molar-refractivity contribution in [2.24, 2.45) is 0 Å². The number of ether oxygens (including phenoxy) is 1. The van der Waals surface area contributed by atoms with Gasteiger partial charge in [0.25, 0.3) is 5.69 Å². The first kappa shape index (κ1) is 20.2. The molecular weight excluding hydrogens is 379 g/mol. The standard InChI is InChI=1S/C21H19FN2O5/c1-13-20(21(26)29-2)17(14-7-5-8-16(10-14)24(27)28)11-19(25)23(13)12-15-6-3-4-9-18(15)22/h3-10,17H,11-12H2,1-2H3/t17-/m1/s1. The molecule has 1 amide bonds. The number of nitrogens with zero attached hydrogens (tertiary/aromatic N) is 2. The predicted molar refractivity (Wildman–Crippen MR) is 102 cm³/mol. The number of carbonyl (C=O) groups is 2. The third-order valence-corrected chi connectivity index (χ3v) is 5.00. The van der Waals surface area contributed by atoms with E-state index in [1.807, 2.05) is 0 Å². The Morgan fingerprint density at radius 3 is 2.66 bits per heavy atom. The third kappa shape index (κ3) is 4.01. The number of nitro groups is 1. The van der Waals surface area contributed by atoms with Crippen LogP contribution in [0.5, 0.6) is 0 Å². The van der Waals surface area contributed by atoms with E-state index < -0.39 is 22.6 Å². The Morgan fingerprint density at radius 2 is 2.00 bits per heavy atom. The van der Waals surface area contributed by atoms with E-state index in [-0.39, 0.29) is 30.1 Å². The van der Waals surface area contributed by atoms with E-state index in [1.54, 1.807) is 31.2 Å². The summed E-state index contributed by atoms with van der Waals surface area (Å²) in [7, 11) is 1.23. The van der Waals surface area contributed by atoms with E-state index in [0.717, 1.165) is 0 Å². The first-order valence-electron chi connectivity index (χ1n) is 8.90. The molecule has 2 aromatic rings. The SMILES string of the molecule is COC(=O)C1=C(C)N(Cc2ccccc2F)C(=O)C[C@@H]1c1cccc([N+](=O)[O-])c1.